The summed E-state index contributed by atoms with van der Waals surface area (Å²) >= 11 is 0. The van der Waals surface area contributed by atoms with E-state index in [1.54, 1.807) is 0 Å². The van der Waals surface area contributed by atoms with E-state index in [0.29, 0.717) is 5.92 Å². The normalized spacial score (nSPS) is 27.1. The number of nitrogens with zero attached hydrogens (tertiary/aromatic N) is 2. The molecule has 2 heterocycles. The predicted molar refractivity (Wildman–Crippen MR) is 73.1 cm³/mol. The van der Waals surface area contributed by atoms with Crippen molar-refractivity contribution in [3.05, 3.63) is 29.8 Å². The van der Waals surface area contributed by atoms with Gasteiger partial charge in [0.1, 0.15) is 11.8 Å². The van der Waals surface area contributed by atoms with Crippen molar-refractivity contribution in [3.63, 3.8) is 0 Å². The average molecular weight is 257 g/mol. The fourth-order valence-electron chi connectivity index (χ4n) is 2.98. The van der Waals surface area contributed by atoms with Gasteiger partial charge >= 0.3 is 0 Å². The highest BCUT2D eigenvalue weighted by molar-refractivity contribution is 5.38. The molecule has 1 aromatic carbocycles. The van der Waals surface area contributed by atoms with Crippen LogP contribution in [0.2, 0.25) is 0 Å². The first-order chi connectivity index (χ1) is 9.38. The maximum atomic E-state index is 9.23. The largest absolute Gasteiger partial charge is 0.493 e. The molecule has 0 radical (unpaired) electrons. The van der Waals surface area contributed by atoms with Crippen molar-refractivity contribution in [2.24, 2.45) is 0 Å². The van der Waals surface area contributed by atoms with Gasteiger partial charge in [-0.1, -0.05) is 18.2 Å². The topological polar surface area (TPSA) is 48.3 Å². The number of nitrogens with one attached hydrogen (secondary N) is 1. The van der Waals surface area contributed by atoms with Crippen LogP contribution in [0.25, 0.3) is 0 Å². The summed E-state index contributed by atoms with van der Waals surface area (Å²) in [7, 11) is 0. The molecular formula is C15H19N3O. The molecule has 19 heavy (non-hydrogen) atoms. The second-order valence-electron chi connectivity index (χ2n) is 5.22. The van der Waals surface area contributed by atoms with Crippen LogP contribution in [-0.4, -0.2) is 43.7 Å². The molecule has 1 aromatic rings. The molecular weight excluding hydrogens is 238 g/mol. The summed E-state index contributed by atoms with van der Waals surface area (Å²) in [5, 5.41) is 12.5. The van der Waals surface area contributed by atoms with Gasteiger partial charge in [-0.2, -0.15) is 5.26 Å². The molecule has 2 aliphatic rings. The number of ether oxygens (including phenoxy) is 1. The van der Waals surface area contributed by atoms with Crippen LogP contribution >= 0.6 is 0 Å². The van der Waals surface area contributed by atoms with Crippen LogP contribution in [0, 0.1) is 11.3 Å². The lowest BCUT2D eigenvalue weighted by Crippen LogP contribution is -2.51. The molecule has 3 rings (SSSR count). The number of rotatable bonds is 2. The number of hydrogen-bond acceptors (Lipinski definition) is 4. The average Bonchev–Trinajstić information content (AvgIpc) is 2.48. The number of piperazine rings is 1. The van der Waals surface area contributed by atoms with Gasteiger partial charge in [-0.25, -0.2) is 0 Å². The Labute approximate surface area is 114 Å². The number of hydrogen-bond donors (Lipinski definition) is 1. The Morgan fingerprint density at radius 2 is 2.32 bits per heavy atom. The van der Waals surface area contributed by atoms with Crippen molar-refractivity contribution in [3.8, 4) is 11.8 Å². The SMILES string of the molecule is N#CC1CNCCN1CC1CCOc2ccccc21. The first-order valence-electron chi connectivity index (χ1n) is 6.94. The summed E-state index contributed by atoms with van der Waals surface area (Å²) in [6, 6.07) is 10.7. The fourth-order valence-corrected chi connectivity index (χ4v) is 2.98. The van der Waals surface area contributed by atoms with Crippen molar-refractivity contribution in [2.45, 2.75) is 18.4 Å². The van der Waals surface area contributed by atoms with Crippen LogP contribution in [0.1, 0.15) is 17.9 Å². The zero-order valence-electron chi connectivity index (χ0n) is 11.0. The molecule has 0 saturated carbocycles. The summed E-state index contributed by atoms with van der Waals surface area (Å²) in [6.07, 6.45) is 1.04. The molecule has 2 atom stereocenters. The highest BCUT2D eigenvalue weighted by Gasteiger charge is 2.28. The Hall–Kier alpha value is -1.57. The summed E-state index contributed by atoms with van der Waals surface area (Å²) in [5.74, 6) is 1.50. The van der Waals surface area contributed by atoms with E-state index in [9.17, 15) is 5.26 Å². The van der Waals surface area contributed by atoms with Crippen molar-refractivity contribution in [1.29, 1.82) is 5.26 Å². The second-order valence-corrected chi connectivity index (χ2v) is 5.22. The van der Waals surface area contributed by atoms with E-state index in [2.05, 4.69) is 28.4 Å². The highest BCUT2D eigenvalue weighted by atomic mass is 16.5. The number of para-hydroxylation sites is 1. The first-order valence-corrected chi connectivity index (χ1v) is 6.94. The molecule has 0 aliphatic carbocycles. The van der Waals surface area contributed by atoms with Crippen LogP contribution in [0.5, 0.6) is 5.75 Å². The van der Waals surface area contributed by atoms with E-state index < -0.39 is 0 Å². The molecule has 4 heteroatoms. The Kier molecular flexibility index (Phi) is 3.67. The first kappa shape index (κ1) is 12.5. The molecule has 1 fully saturated rings. The van der Waals surface area contributed by atoms with Crippen LogP contribution in [0.15, 0.2) is 24.3 Å². The lowest BCUT2D eigenvalue weighted by Gasteiger charge is -2.36. The van der Waals surface area contributed by atoms with Crippen molar-refractivity contribution in [1.82, 2.24) is 10.2 Å². The molecule has 1 saturated heterocycles. The van der Waals surface area contributed by atoms with Gasteiger partial charge < -0.3 is 10.1 Å². The van der Waals surface area contributed by atoms with E-state index in [4.69, 9.17) is 4.74 Å². The van der Waals surface area contributed by atoms with Crippen molar-refractivity contribution >= 4 is 0 Å². The molecule has 0 spiro atoms. The zero-order valence-corrected chi connectivity index (χ0v) is 11.0. The molecule has 4 nitrogen and oxygen atoms in total. The van der Waals surface area contributed by atoms with Gasteiger partial charge in [-0.3, -0.25) is 4.90 Å². The summed E-state index contributed by atoms with van der Waals surface area (Å²) in [6.45, 7) is 4.45. The fraction of sp³-hybridized carbons (Fsp3) is 0.533. The van der Waals surface area contributed by atoms with Crippen LogP contribution in [0.4, 0.5) is 0 Å². The number of fused-ring (bicyclic) bond motifs is 1. The van der Waals surface area contributed by atoms with Gasteiger partial charge in [-0.15, -0.1) is 0 Å². The third-order valence-corrected chi connectivity index (χ3v) is 4.04. The van der Waals surface area contributed by atoms with Gasteiger partial charge in [0, 0.05) is 32.1 Å². The van der Waals surface area contributed by atoms with E-state index in [-0.39, 0.29) is 6.04 Å². The molecule has 0 aromatic heterocycles. The van der Waals surface area contributed by atoms with Crippen molar-refractivity contribution in [2.75, 3.05) is 32.8 Å². The van der Waals surface area contributed by atoms with E-state index >= 15 is 0 Å². The maximum Gasteiger partial charge on any atom is 0.122 e. The van der Waals surface area contributed by atoms with E-state index in [0.717, 1.165) is 45.0 Å². The minimum absolute atomic E-state index is 0.00348. The molecule has 0 amide bonds. The number of benzene rings is 1. The predicted octanol–water partition coefficient (Wildman–Crippen LogP) is 1.35. The van der Waals surface area contributed by atoms with E-state index in [1.807, 2.05) is 12.1 Å². The highest BCUT2D eigenvalue weighted by Crippen LogP contribution is 2.34. The van der Waals surface area contributed by atoms with Gasteiger partial charge in [0.25, 0.3) is 0 Å². The van der Waals surface area contributed by atoms with Gasteiger partial charge in [0.05, 0.1) is 12.7 Å². The van der Waals surface area contributed by atoms with Gasteiger partial charge in [0.15, 0.2) is 0 Å². The number of nitriles is 1. The van der Waals surface area contributed by atoms with Crippen LogP contribution < -0.4 is 10.1 Å². The third kappa shape index (κ3) is 2.58. The zero-order chi connectivity index (χ0) is 13.1. The monoisotopic (exact) mass is 257 g/mol. The van der Waals surface area contributed by atoms with Gasteiger partial charge in [-0.05, 0) is 18.1 Å². The molecule has 2 aliphatic heterocycles. The summed E-state index contributed by atoms with van der Waals surface area (Å²) in [4.78, 5) is 2.31. The quantitative estimate of drug-likeness (QED) is 0.869. The Morgan fingerprint density at radius 3 is 3.21 bits per heavy atom. The second kappa shape index (κ2) is 5.60. The standard InChI is InChI=1S/C15H19N3O/c16-9-13-10-17-6-7-18(13)11-12-5-8-19-15-4-2-1-3-14(12)15/h1-4,12-13,17H,5-8,10-11H2. The Balaban J connectivity index is 1.75. The lowest BCUT2D eigenvalue weighted by atomic mass is 9.92. The lowest BCUT2D eigenvalue weighted by molar-refractivity contribution is 0.166. The van der Waals surface area contributed by atoms with Crippen LogP contribution in [0.3, 0.4) is 0 Å². The van der Waals surface area contributed by atoms with E-state index in [1.165, 1.54) is 5.56 Å². The Morgan fingerprint density at radius 1 is 1.42 bits per heavy atom. The molecule has 100 valence electrons. The van der Waals surface area contributed by atoms with Gasteiger partial charge in [0.2, 0.25) is 0 Å². The minimum Gasteiger partial charge on any atom is -0.493 e. The molecule has 0 bridgehead atoms. The third-order valence-electron chi connectivity index (χ3n) is 4.04. The maximum absolute atomic E-state index is 9.23. The minimum atomic E-state index is 0.00348. The molecule has 2 unspecified atom stereocenters. The van der Waals surface area contributed by atoms with Crippen molar-refractivity contribution < 1.29 is 4.74 Å². The molecule has 1 N–H and O–H groups in total. The summed E-state index contributed by atoms with van der Waals surface area (Å²) < 4.78 is 5.70. The smallest absolute Gasteiger partial charge is 0.122 e. The summed E-state index contributed by atoms with van der Waals surface area (Å²) in [5.41, 5.74) is 1.30. The van der Waals surface area contributed by atoms with Crippen LogP contribution in [-0.2, 0) is 0 Å². The Bertz CT molecular complexity index is 483.